The zero-order valence-corrected chi connectivity index (χ0v) is 12.0. The average molecular weight is 275 g/mol. The normalized spacial score (nSPS) is 17.9. The summed E-state index contributed by atoms with van der Waals surface area (Å²) < 4.78 is 2.16. The van der Waals surface area contributed by atoms with Crippen molar-refractivity contribution in [2.75, 3.05) is 13.1 Å². The van der Waals surface area contributed by atoms with Crippen LogP contribution in [0.5, 0.6) is 0 Å². The summed E-state index contributed by atoms with van der Waals surface area (Å²) in [6.07, 6.45) is 5.77. The minimum absolute atomic E-state index is 0.206. The highest BCUT2D eigenvalue weighted by Gasteiger charge is 2.21. The van der Waals surface area contributed by atoms with Gasteiger partial charge in [0.2, 0.25) is 0 Å². The molecule has 0 aromatic carbocycles. The van der Waals surface area contributed by atoms with Crippen LogP contribution in [0.2, 0.25) is 0 Å². The van der Waals surface area contributed by atoms with Gasteiger partial charge in [-0.3, -0.25) is 0 Å². The molecule has 0 aliphatic carbocycles. The van der Waals surface area contributed by atoms with E-state index < -0.39 is 5.41 Å². The number of amides is 2. The number of rotatable bonds is 4. The van der Waals surface area contributed by atoms with E-state index in [1.165, 1.54) is 0 Å². The number of carbonyl (C=O) groups is 1. The summed E-state index contributed by atoms with van der Waals surface area (Å²) in [6, 6.07) is 1.95. The molecule has 1 aromatic rings. The van der Waals surface area contributed by atoms with Crippen LogP contribution in [-0.2, 0) is 13.0 Å². The number of hydrogen-bond acceptors (Lipinski definition) is 3. The van der Waals surface area contributed by atoms with E-state index in [2.05, 4.69) is 26.3 Å². The monoisotopic (exact) mass is 275 g/mol. The van der Waals surface area contributed by atoms with Gasteiger partial charge in [-0.05, 0) is 26.2 Å². The summed E-state index contributed by atoms with van der Waals surface area (Å²) in [6.45, 7) is 5.56. The highest BCUT2D eigenvalue weighted by molar-refractivity contribution is 5.73. The Kier molecular flexibility index (Phi) is 4.28. The van der Waals surface area contributed by atoms with Gasteiger partial charge in [-0.15, -0.1) is 0 Å². The number of imidazole rings is 1. The van der Waals surface area contributed by atoms with Gasteiger partial charge in [-0.25, -0.2) is 9.78 Å². The zero-order valence-electron chi connectivity index (χ0n) is 12.0. The third-order valence-corrected chi connectivity index (χ3v) is 3.60. The molecular formula is C14H21N5O. The van der Waals surface area contributed by atoms with Gasteiger partial charge in [-0.2, -0.15) is 5.26 Å². The summed E-state index contributed by atoms with van der Waals surface area (Å²) in [7, 11) is 0. The van der Waals surface area contributed by atoms with E-state index in [1.807, 2.05) is 12.4 Å². The van der Waals surface area contributed by atoms with Crippen LogP contribution in [0.3, 0.4) is 0 Å². The lowest BCUT2D eigenvalue weighted by Crippen LogP contribution is -2.42. The molecule has 1 atom stereocenters. The molecule has 2 heterocycles. The first kappa shape index (κ1) is 14.4. The molecule has 0 saturated carbocycles. The lowest BCUT2D eigenvalue weighted by Gasteiger charge is -2.24. The molecule has 2 rings (SSSR count). The van der Waals surface area contributed by atoms with E-state index in [4.69, 9.17) is 5.26 Å². The molecule has 6 nitrogen and oxygen atoms in total. The molecule has 108 valence electrons. The van der Waals surface area contributed by atoms with E-state index in [1.54, 1.807) is 13.8 Å². The van der Waals surface area contributed by atoms with Gasteiger partial charge in [0.25, 0.3) is 0 Å². The molecule has 1 aromatic heterocycles. The van der Waals surface area contributed by atoms with Crippen LogP contribution in [0.25, 0.3) is 0 Å². The fourth-order valence-electron chi connectivity index (χ4n) is 2.23. The van der Waals surface area contributed by atoms with Crippen LogP contribution in [0.4, 0.5) is 4.79 Å². The Morgan fingerprint density at radius 2 is 2.40 bits per heavy atom. The largest absolute Gasteiger partial charge is 0.338 e. The summed E-state index contributed by atoms with van der Waals surface area (Å²) in [5.74, 6) is 1.52. The van der Waals surface area contributed by atoms with Gasteiger partial charge in [0.05, 0.1) is 11.5 Å². The SMILES string of the molecule is CC(C)(C#N)CNC(=O)NC[C@@H]1CCn2ccnc2C1. The molecule has 0 spiro atoms. The van der Waals surface area contributed by atoms with Crippen LogP contribution in [0.15, 0.2) is 12.4 Å². The van der Waals surface area contributed by atoms with E-state index in [-0.39, 0.29) is 6.03 Å². The summed E-state index contributed by atoms with van der Waals surface area (Å²) in [4.78, 5) is 16.0. The Morgan fingerprint density at radius 3 is 3.15 bits per heavy atom. The minimum atomic E-state index is -0.535. The maximum Gasteiger partial charge on any atom is 0.314 e. The second-order valence-corrected chi connectivity index (χ2v) is 5.95. The molecule has 6 heteroatoms. The Balaban J connectivity index is 1.71. The second kappa shape index (κ2) is 5.95. The molecule has 2 amide bonds. The van der Waals surface area contributed by atoms with E-state index in [9.17, 15) is 4.79 Å². The van der Waals surface area contributed by atoms with E-state index in [0.717, 1.165) is 25.2 Å². The lowest BCUT2D eigenvalue weighted by molar-refractivity contribution is 0.234. The van der Waals surface area contributed by atoms with Gasteiger partial charge in [-0.1, -0.05) is 0 Å². The molecular weight excluding hydrogens is 254 g/mol. The number of urea groups is 1. The third-order valence-electron chi connectivity index (χ3n) is 3.60. The summed E-state index contributed by atoms with van der Waals surface area (Å²) >= 11 is 0. The Labute approximate surface area is 119 Å². The van der Waals surface area contributed by atoms with Gasteiger partial charge >= 0.3 is 6.03 Å². The molecule has 1 aliphatic heterocycles. The first-order chi connectivity index (χ1) is 9.50. The van der Waals surface area contributed by atoms with Crippen LogP contribution in [-0.4, -0.2) is 28.7 Å². The predicted molar refractivity (Wildman–Crippen MR) is 74.8 cm³/mol. The van der Waals surface area contributed by atoms with Crippen molar-refractivity contribution in [3.05, 3.63) is 18.2 Å². The van der Waals surface area contributed by atoms with Crippen LogP contribution in [0.1, 0.15) is 26.1 Å². The average Bonchev–Trinajstić information content (AvgIpc) is 2.90. The van der Waals surface area contributed by atoms with E-state index >= 15 is 0 Å². The predicted octanol–water partition coefficient (Wildman–Crippen LogP) is 1.29. The van der Waals surface area contributed by atoms with Crippen molar-refractivity contribution in [1.29, 1.82) is 5.26 Å². The van der Waals surface area contributed by atoms with Gasteiger partial charge in [0.15, 0.2) is 0 Å². The van der Waals surface area contributed by atoms with Crippen molar-refractivity contribution >= 4 is 6.03 Å². The fourth-order valence-corrected chi connectivity index (χ4v) is 2.23. The number of aromatic nitrogens is 2. The molecule has 0 unspecified atom stereocenters. The standard InChI is InChI=1S/C14H21N5O/c1-14(2,9-15)10-18-13(20)17-8-11-3-5-19-6-4-16-12(19)7-11/h4,6,11H,3,5,7-8,10H2,1-2H3,(H2,17,18,20)/t11-/m1/s1. The summed E-state index contributed by atoms with van der Waals surface area (Å²) in [5.41, 5.74) is -0.535. The summed E-state index contributed by atoms with van der Waals surface area (Å²) in [5, 5.41) is 14.5. The second-order valence-electron chi connectivity index (χ2n) is 5.95. The van der Waals surface area contributed by atoms with Crippen LogP contribution in [0, 0.1) is 22.7 Å². The van der Waals surface area contributed by atoms with Crippen molar-refractivity contribution in [3.8, 4) is 6.07 Å². The molecule has 0 radical (unpaired) electrons. The quantitative estimate of drug-likeness (QED) is 0.868. The smallest absolute Gasteiger partial charge is 0.314 e. The maximum absolute atomic E-state index is 11.7. The number of nitrogens with zero attached hydrogens (tertiary/aromatic N) is 3. The van der Waals surface area contributed by atoms with Gasteiger partial charge in [0.1, 0.15) is 5.82 Å². The first-order valence-electron chi connectivity index (χ1n) is 6.93. The van der Waals surface area contributed by atoms with Crippen molar-refractivity contribution in [3.63, 3.8) is 0 Å². The molecule has 0 fully saturated rings. The maximum atomic E-state index is 11.7. The lowest BCUT2D eigenvalue weighted by atomic mass is 9.96. The number of nitrogens with one attached hydrogen (secondary N) is 2. The molecule has 1 aliphatic rings. The third kappa shape index (κ3) is 3.73. The molecule has 0 saturated heterocycles. The fraction of sp³-hybridized carbons (Fsp3) is 0.643. The number of carbonyl (C=O) groups excluding carboxylic acids is 1. The van der Waals surface area contributed by atoms with Crippen molar-refractivity contribution in [2.45, 2.75) is 33.2 Å². The highest BCUT2D eigenvalue weighted by Crippen LogP contribution is 2.18. The minimum Gasteiger partial charge on any atom is -0.338 e. The Bertz CT molecular complexity index is 514. The number of aryl methyl sites for hydroxylation is 1. The molecule has 0 bridgehead atoms. The number of nitriles is 1. The van der Waals surface area contributed by atoms with E-state index in [0.29, 0.717) is 19.0 Å². The Hall–Kier alpha value is -2.03. The van der Waals surface area contributed by atoms with Crippen molar-refractivity contribution in [1.82, 2.24) is 20.2 Å². The number of fused-ring (bicyclic) bond motifs is 1. The van der Waals surface area contributed by atoms with Crippen molar-refractivity contribution < 1.29 is 4.79 Å². The van der Waals surface area contributed by atoms with Crippen LogP contribution < -0.4 is 10.6 Å². The van der Waals surface area contributed by atoms with Crippen molar-refractivity contribution in [2.24, 2.45) is 11.3 Å². The number of hydrogen-bond donors (Lipinski definition) is 2. The first-order valence-corrected chi connectivity index (χ1v) is 6.93. The molecule has 2 N–H and O–H groups in total. The highest BCUT2D eigenvalue weighted by atomic mass is 16.2. The van der Waals surface area contributed by atoms with Crippen LogP contribution >= 0.6 is 0 Å². The zero-order chi connectivity index (χ0) is 14.6. The molecule has 20 heavy (non-hydrogen) atoms. The Morgan fingerprint density at radius 1 is 1.60 bits per heavy atom. The topological polar surface area (TPSA) is 82.7 Å². The van der Waals surface area contributed by atoms with Gasteiger partial charge in [0, 0.05) is 38.4 Å². The van der Waals surface area contributed by atoms with Gasteiger partial charge < -0.3 is 15.2 Å².